The zero-order chi connectivity index (χ0) is 12.4. The van der Waals surface area contributed by atoms with Crippen LogP contribution in [-0.4, -0.2) is 36.2 Å². The average molecular weight is 260 g/mol. The van der Waals surface area contributed by atoms with Crippen LogP contribution in [0.2, 0.25) is 0 Å². The molecule has 8 heteroatoms. The molecule has 0 saturated carbocycles. The summed E-state index contributed by atoms with van der Waals surface area (Å²) in [5.74, 6) is 0. The van der Waals surface area contributed by atoms with E-state index in [2.05, 4.69) is 31.7 Å². The summed E-state index contributed by atoms with van der Waals surface area (Å²) in [6.07, 6.45) is 2.31. The number of nitrogens with zero attached hydrogens (tertiary/aromatic N) is 2. The molecule has 0 radical (unpaired) electrons. The van der Waals surface area contributed by atoms with Crippen molar-refractivity contribution in [1.29, 1.82) is 0 Å². The van der Waals surface area contributed by atoms with E-state index in [0.29, 0.717) is 10.2 Å². The fraction of sp³-hybridized carbons (Fsp3) is 0.500. The van der Waals surface area contributed by atoms with Gasteiger partial charge in [0.05, 0.1) is 11.9 Å². The maximum atomic E-state index is 4.87. The Balaban J connectivity index is 4.18. The second-order valence-electron chi connectivity index (χ2n) is 2.60. The number of thiocarbonyl (C=S) groups is 2. The molecular formula is C8H16N6S2. The minimum atomic E-state index is 0.449. The SMILES string of the molecule is CCC(/C=N\NC(=S)NC)=N/NC(=S)NC. The largest absolute Gasteiger partial charge is 0.364 e. The van der Waals surface area contributed by atoms with Crippen LogP contribution in [0, 0.1) is 0 Å². The Labute approximate surface area is 106 Å². The zero-order valence-corrected chi connectivity index (χ0v) is 11.1. The molecule has 6 nitrogen and oxygen atoms in total. The summed E-state index contributed by atoms with van der Waals surface area (Å²) in [6.45, 7) is 1.96. The first-order chi connectivity index (χ1) is 7.63. The van der Waals surface area contributed by atoms with Crippen molar-refractivity contribution in [2.45, 2.75) is 13.3 Å². The Morgan fingerprint density at radius 1 is 1.12 bits per heavy atom. The van der Waals surface area contributed by atoms with Crippen LogP contribution >= 0.6 is 24.4 Å². The van der Waals surface area contributed by atoms with Crippen LogP contribution in [0.15, 0.2) is 10.2 Å². The Kier molecular flexibility index (Phi) is 8.26. The number of nitrogens with one attached hydrogen (secondary N) is 4. The van der Waals surface area contributed by atoms with E-state index >= 15 is 0 Å². The maximum Gasteiger partial charge on any atom is 0.186 e. The predicted octanol–water partition coefficient (Wildman–Crippen LogP) is -0.0740. The summed E-state index contributed by atoms with van der Waals surface area (Å²) in [6, 6.07) is 0. The molecule has 0 aromatic heterocycles. The Morgan fingerprint density at radius 2 is 1.69 bits per heavy atom. The highest BCUT2D eigenvalue weighted by Gasteiger charge is 1.93. The molecule has 90 valence electrons. The minimum Gasteiger partial charge on any atom is -0.364 e. The second kappa shape index (κ2) is 8.98. The monoisotopic (exact) mass is 260 g/mol. The lowest BCUT2D eigenvalue weighted by Gasteiger charge is -2.03. The Hall–Kier alpha value is -1.28. The topological polar surface area (TPSA) is 72.8 Å². The summed E-state index contributed by atoms with van der Waals surface area (Å²) in [4.78, 5) is 0. The zero-order valence-electron chi connectivity index (χ0n) is 9.50. The van der Waals surface area contributed by atoms with Gasteiger partial charge in [-0.3, -0.25) is 10.9 Å². The van der Waals surface area contributed by atoms with Crippen molar-refractivity contribution in [1.82, 2.24) is 21.5 Å². The minimum absolute atomic E-state index is 0.449. The average Bonchev–Trinajstić information content (AvgIpc) is 2.32. The van der Waals surface area contributed by atoms with E-state index in [4.69, 9.17) is 24.4 Å². The van der Waals surface area contributed by atoms with Gasteiger partial charge in [0.2, 0.25) is 0 Å². The first kappa shape index (κ1) is 14.7. The van der Waals surface area contributed by atoms with Crippen molar-refractivity contribution < 1.29 is 0 Å². The molecule has 0 bridgehead atoms. The van der Waals surface area contributed by atoms with Crippen LogP contribution in [0.5, 0.6) is 0 Å². The molecular weight excluding hydrogens is 244 g/mol. The summed E-state index contributed by atoms with van der Waals surface area (Å²) in [5.41, 5.74) is 6.06. The molecule has 4 N–H and O–H groups in total. The molecule has 0 aliphatic rings. The smallest absolute Gasteiger partial charge is 0.186 e. The Bertz CT molecular complexity index is 299. The molecule has 0 amide bonds. The van der Waals surface area contributed by atoms with Gasteiger partial charge in [-0.05, 0) is 30.9 Å². The number of hydrazone groups is 2. The van der Waals surface area contributed by atoms with Crippen molar-refractivity contribution in [2.24, 2.45) is 10.2 Å². The molecule has 0 heterocycles. The molecule has 0 rings (SSSR count). The van der Waals surface area contributed by atoms with Gasteiger partial charge >= 0.3 is 0 Å². The van der Waals surface area contributed by atoms with Crippen LogP contribution in [0.1, 0.15) is 13.3 Å². The highest BCUT2D eigenvalue weighted by molar-refractivity contribution is 7.80. The van der Waals surface area contributed by atoms with Crippen LogP contribution < -0.4 is 21.5 Å². The molecule has 0 spiro atoms. The van der Waals surface area contributed by atoms with E-state index in [1.54, 1.807) is 20.3 Å². The molecule has 0 saturated heterocycles. The van der Waals surface area contributed by atoms with Crippen LogP contribution in [0.3, 0.4) is 0 Å². The fourth-order valence-electron chi connectivity index (χ4n) is 0.599. The van der Waals surface area contributed by atoms with Gasteiger partial charge in [0.25, 0.3) is 0 Å². The van der Waals surface area contributed by atoms with Crippen molar-refractivity contribution in [2.75, 3.05) is 14.1 Å². The van der Waals surface area contributed by atoms with Gasteiger partial charge in [-0.25, -0.2) is 0 Å². The number of hydrogen-bond donors (Lipinski definition) is 4. The van der Waals surface area contributed by atoms with E-state index in [-0.39, 0.29) is 0 Å². The highest BCUT2D eigenvalue weighted by atomic mass is 32.1. The number of hydrogen-bond acceptors (Lipinski definition) is 4. The van der Waals surface area contributed by atoms with E-state index in [1.165, 1.54) is 0 Å². The molecule has 0 aromatic carbocycles. The van der Waals surface area contributed by atoms with Gasteiger partial charge in [0.15, 0.2) is 10.2 Å². The van der Waals surface area contributed by atoms with Gasteiger partial charge in [-0.15, -0.1) is 0 Å². The highest BCUT2D eigenvalue weighted by Crippen LogP contribution is 1.81. The lowest BCUT2D eigenvalue weighted by Crippen LogP contribution is -2.30. The Morgan fingerprint density at radius 3 is 2.19 bits per heavy atom. The first-order valence-corrected chi connectivity index (χ1v) is 5.50. The van der Waals surface area contributed by atoms with Crippen molar-refractivity contribution in [3.63, 3.8) is 0 Å². The third-order valence-corrected chi connectivity index (χ3v) is 2.09. The second-order valence-corrected chi connectivity index (χ2v) is 3.41. The van der Waals surface area contributed by atoms with Gasteiger partial charge < -0.3 is 10.6 Å². The van der Waals surface area contributed by atoms with Crippen molar-refractivity contribution >= 4 is 46.6 Å². The number of rotatable bonds is 4. The van der Waals surface area contributed by atoms with Gasteiger partial charge in [0, 0.05) is 14.1 Å². The molecule has 0 aromatic rings. The summed E-state index contributed by atoms with van der Waals surface area (Å²) >= 11 is 9.72. The summed E-state index contributed by atoms with van der Waals surface area (Å²) < 4.78 is 0. The molecule has 0 aliphatic heterocycles. The maximum absolute atomic E-state index is 4.87. The first-order valence-electron chi connectivity index (χ1n) is 4.69. The predicted molar refractivity (Wildman–Crippen MR) is 75.8 cm³/mol. The van der Waals surface area contributed by atoms with Crippen LogP contribution in [0.4, 0.5) is 0 Å². The van der Waals surface area contributed by atoms with Crippen molar-refractivity contribution in [3.05, 3.63) is 0 Å². The van der Waals surface area contributed by atoms with Gasteiger partial charge in [-0.1, -0.05) is 6.92 Å². The van der Waals surface area contributed by atoms with Crippen molar-refractivity contribution in [3.8, 4) is 0 Å². The van der Waals surface area contributed by atoms with Gasteiger partial charge in [0.1, 0.15) is 0 Å². The van der Waals surface area contributed by atoms with E-state index in [9.17, 15) is 0 Å². The normalized spacial score (nSPS) is 11.1. The molecule has 0 unspecified atom stereocenters. The van der Waals surface area contributed by atoms with E-state index < -0.39 is 0 Å². The third kappa shape index (κ3) is 7.07. The molecule has 0 aliphatic carbocycles. The van der Waals surface area contributed by atoms with Crippen LogP contribution in [0.25, 0.3) is 0 Å². The van der Waals surface area contributed by atoms with E-state index in [0.717, 1.165) is 12.1 Å². The summed E-state index contributed by atoms with van der Waals surface area (Å²) in [7, 11) is 3.43. The van der Waals surface area contributed by atoms with Crippen LogP contribution in [-0.2, 0) is 0 Å². The molecule has 0 atom stereocenters. The lowest BCUT2D eigenvalue weighted by atomic mass is 10.3. The lowest BCUT2D eigenvalue weighted by molar-refractivity contribution is 0.963. The summed E-state index contributed by atoms with van der Waals surface area (Å²) in [5, 5.41) is 14.3. The third-order valence-electron chi connectivity index (χ3n) is 1.50. The standard InChI is InChI=1S/C8H16N6S2/c1-4-6(12-14-8(16)10-3)5-11-13-7(15)9-2/h5H,4H2,1-3H3,(H2,9,13,15)(H2,10,14,16)/b11-5-,12-6-. The fourth-order valence-corrected chi connectivity index (χ4v) is 0.697. The molecule has 16 heavy (non-hydrogen) atoms. The van der Waals surface area contributed by atoms with E-state index in [1.807, 2.05) is 6.92 Å². The quantitative estimate of drug-likeness (QED) is 0.322. The molecule has 0 fully saturated rings. The van der Waals surface area contributed by atoms with Gasteiger partial charge in [-0.2, -0.15) is 10.2 Å².